The average Bonchev–Trinajstić information content (AvgIpc) is 2.60. The molecule has 2 aromatic carbocycles. The highest BCUT2D eigenvalue weighted by molar-refractivity contribution is 5.80. The largest absolute Gasteiger partial charge is 0.497 e. The third-order valence-corrected chi connectivity index (χ3v) is 4.10. The molecule has 4 heteroatoms. The van der Waals surface area contributed by atoms with Crippen LogP contribution >= 0.6 is 0 Å². The Morgan fingerprint density at radius 3 is 2.20 bits per heavy atom. The molecule has 0 saturated carbocycles. The number of methoxy groups -OCH3 is 1. The summed E-state index contributed by atoms with van der Waals surface area (Å²) in [5.41, 5.74) is 3.55. The van der Waals surface area contributed by atoms with Gasteiger partial charge in [0.2, 0.25) is 5.91 Å². The predicted octanol–water partition coefficient (Wildman–Crippen LogP) is 3.76. The fourth-order valence-corrected chi connectivity index (χ4v) is 2.47. The van der Waals surface area contributed by atoms with E-state index in [0.29, 0.717) is 6.54 Å². The molecule has 25 heavy (non-hydrogen) atoms. The lowest BCUT2D eigenvalue weighted by molar-refractivity contribution is -0.119. The van der Waals surface area contributed by atoms with Crippen molar-refractivity contribution in [2.75, 3.05) is 25.5 Å². The summed E-state index contributed by atoms with van der Waals surface area (Å²) >= 11 is 0. The smallest absolute Gasteiger partial charge is 0.239 e. The number of carbonyl (C=O) groups is 1. The molecule has 0 aliphatic carbocycles. The molecular formula is C21H28N2O2. The molecule has 4 nitrogen and oxygen atoms in total. The first-order valence-corrected chi connectivity index (χ1v) is 8.62. The van der Waals surface area contributed by atoms with Gasteiger partial charge < -0.3 is 15.4 Å². The van der Waals surface area contributed by atoms with Gasteiger partial charge in [0, 0.05) is 12.2 Å². The minimum Gasteiger partial charge on any atom is -0.497 e. The Morgan fingerprint density at radius 2 is 1.64 bits per heavy atom. The van der Waals surface area contributed by atoms with Crippen molar-refractivity contribution in [2.45, 2.75) is 32.6 Å². The van der Waals surface area contributed by atoms with Gasteiger partial charge in [-0.15, -0.1) is 0 Å². The molecule has 0 atom stereocenters. The zero-order chi connectivity index (χ0) is 18.3. The van der Waals surface area contributed by atoms with Crippen molar-refractivity contribution in [3.8, 4) is 5.75 Å². The lowest BCUT2D eigenvalue weighted by Crippen LogP contribution is -2.31. The standard InChI is InChI=1S/C21H28N2O2/c1-21(2,3)17-7-9-18(10-8-17)23-15-20(24)22-14-13-16-5-11-19(25-4)12-6-16/h5-12,23H,13-15H2,1-4H3,(H,22,24). The van der Waals surface area contributed by atoms with Crippen molar-refractivity contribution >= 4 is 11.6 Å². The van der Waals surface area contributed by atoms with E-state index in [0.717, 1.165) is 17.9 Å². The van der Waals surface area contributed by atoms with Gasteiger partial charge in [-0.25, -0.2) is 0 Å². The maximum atomic E-state index is 11.9. The van der Waals surface area contributed by atoms with Gasteiger partial charge >= 0.3 is 0 Å². The number of carbonyl (C=O) groups excluding carboxylic acids is 1. The molecule has 0 fully saturated rings. The molecule has 0 saturated heterocycles. The molecule has 2 N–H and O–H groups in total. The zero-order valence-electron chi connectivity index (χ0n) is 15.6. The molecule has 0 unspecified atom stereocenters. The van der Waals surface area contributed by atoms with Gasteiger partial charge in [-0.3, -0.25) is 4.79 Å². The van der Waals surface area contributed by atoms with Gasteiger partial charge in [0.1, 0.15) is 5.75 Å². The van der Waals surface area contributed by atoms with Crippen LogP contribution in [0, 0.1) is 0 Å². The minimum absolute atomic E-state index is 0.00610. The Labute approximate surface area is 150 Å². The average molecular weight is 340 g/mol. The molecule has 2 rings (SSSR count). The Kier molecular flexibility index (Phi) is 6.45. The van der Waals surface area contributed by atoms with Crippen LogP contribution in [-0.4, -0.2) is 26.1 Å². The summed E-state index contributed by atoms with van der Waals surface area (Å²) in [5, 5.41) is 6.09. The van der Waals surface area contributed by atoms with E-state index in [9.17, 15) is 4.79 Å². The molecular weight excluding hydrogens is 312 g/mol. The van der Waals surface area contributed by atoms with Gasteiger partial charge in [-0.1, -0.05) is 45.0 Å². The van der Waals surface area contributed by atoms with Crippen molar-refractivity contribution in [1.29, 1.82) is 0 Å². The van der Waals surface area contributed by atoms with E-state index >= 15 is 0 Å². The predicted molar refractivity (Wildman–Crippen MR) is 103 cm³/mol. The number of anilines is 1. The monoisotopic (exact) mass is 340 g/mol. The normalized spacial score (nSPS) is 11.0. The van der Waals surface area contributed by atoms with E-state index in [1.807, 2.05) is 36.4 Å². The minimum atomic E-state index is -0.00610. The fourth-order valence-electron chi connectivity index (χ4n) is 2.47. The number of amides is 1. The fraction of sp³-hybridized carbons (Fsp3) is 0.381. The number of hydrogen-bond acceptors (Lipinski definition) is 3. The molecule has 0 aliphatic heterocycles. The topological polar surface area (TPSA) is 50.4 Å². The Balaban J connectivity index is 1.71. The molecule has 1 amide bonds. The molecule has 0 spiro atoms. The number of ether oxygens (including phenoxy) is 1. The second kappa shape index (κ2) is 8.56. The Bertz CT molecular complexity index is 671. The molecule has 0 aromatic heterocycles. The van der Waals surface area contributed by atoms with Crippen molar-refractivity contribution < 1.29 is 9.53 Å². The maximum Gasteiger partial charge on any atom is 0.239 e. The first-order valence-electron chi connectivity index (χ1n) is 8.62. The van der Waals surface area contributed by atoms with Crippen LogP contribution < -0.4 is 15.4 Å². The quantitative estimate of drug-likeness (QED) is 0.807. The lowest BCUT2D eigenvalue weighted by Gasteiger charge is -2.19. The van der Waals surface area contributed by atoms with Crippen molar-refractivity contribution in [3.05, 3.63) is 59.7 Å². The van der Waals surface area contributed by atoms with E-state index in [2.05, 4.69) is 43.5 Å². The van der Waals surface area contributed by atoms with Crippen molar-refractivity contribution in [1.82, 2.24) is 5.32 Å². The van der Waals surface area contributed by atoms with Gasteiger partial charge in [-0.2, -0.15) is 0 Å². The van der Waals surface area contributed by atoms with Gasteiger partial charge in [0.25, 0.3) is 0 Å². The summed E-state index contributed by atoms with van der Waals surface area (Å²) in [6, 6.07) is 16.1. The molecule has 0 heterocycles. The number of nitrogens with one attached hydrogen (secondary N) is 2. The molecule has 0 radical (unpaired) electrons. The second-order valence-corrected chi connectivity index (χ2v) is 7.13. The van der Waals surface area contributed by atoms with Crippen LogP contribution in [0.4, 0.5) is 5.69 Å². The molecule has 0 aliphatic rings. The maximum absolute atomic E-state index is 11.9. The Hall–Kier alpha value is -2.49. The number of benzene rings is 2. The van der Waals surface area contributed by atoms with E-state index in [-0.39, 0.29) is 17.9 Å². The first kappa shape index (κ1) is 18.8. The third-order valence-electron chi connectivity index (χ3n) is 4.10. The highest BCUT2D eigenvalue weighted by Gasteiger charge is 2.12. The van der Waals surface area contributed by atoms with Crippen molar-refractivity contribution in [3.63, 3.8) is 0 Å². The lowest BCUT2D eigenvalue weighted by atomic mass is 9.87. The highest BCUT2D eigenvalue weighted by atomic mass is 16.5. The molecule has 134 valence electrons. The van der Waals surface area contributed by atoms with Crippen LogP contribution in [0.1, 0.15) is 31.9 Å². The van der Waals surface area contributed by atoms with Crippen LogP contribution in [0.2, 0.25) is 0 Å². The van der Waals surface area contributed by atoms with Crippen LogP contribution in [0.25, 0.3) is 0 Å². The van der Waals surface area contributed by atoms with Gasteiger partial charge in [-0.05, 0) is 47.2 Å². The van der Waals surface area contributed by atoms with Crippen LogP contribution in [0.15, 0.2) is 48.5 Å². The van der Waals surface area contributed by atoms with Crippen LogP contribution in [-0.2, 0) is 16.6 Å². The van der Waals surface area contributed by atoms with Crippen molar-refractivity contribution in [2.24, 2.45) is 0 Å². The molecule has 2 aromatic rings. The van der Waals surface area contributed by atoms with E-state index in [1.165, 1.54) is 11.1 Å². The third kappa shape index (κ3) is 6.14. The SMILES string of the molecule is COc1ccc(CCNC(=O)CNc2ccc(C(C)(C)C)cc2)cc1. The van der Waals surface area contributed by atoms with E-state index in [1.54, 1.807) is 7.11 Å². The summed E-state index contributed by atoms with van der Waals surface area (Å²) in [7, 11) is 1.65. The Morgan fingerprint density at radius 1 is 1.00 bits per heavy atom. The molecule has 0 bridgehead atoms. The van der Waals surface area contributed by atoms with E-state index < -0.39 is 0 Å². The summed E-state index contributed by atoms with van der Waals surface area (Å²) in [5.74, 6) is 0.836. The zero-order valence-corrected chi connectivity index (χ0v) is 15.6. The van der Waals surface area contributed by atoms with Crippen LogP contribution in [0.5, 0.6) is 5.75 Å². The van der Waals surface area contributed by atoms with Crippen LogP contribution in [0.3, 0.4) is 0 Å². The summed E-state index contributed by atoms with van der Waals surface area (Å²) < 4.78 is 5.13. The first-order chi connectivity index (χ1) is 11.9. The van der Waals surface area contributed by atoms with Gasteiger partial charge in [0.05, 0.1) is 13.7 Å². The number of rotatable bonds is 7. The summed E-state index contributed by atoms with van der Waals surface area (Å²) in [4.78, 5) is 11.9. The highest BCUT2D eigenvalue weighted by Crippen LogP contribution is 2.23. The second-order valence-electron chi connectivity index (χ2n) is 7.13. The van der Waals surface area contributed by atoms with Gasteiger partial charge in [0.15, 0.2) is 0 Å². The number of hydrogen-bond donors (Lipinski definition) is 2. The summed E-state index contributed by atoms with van der Waals surface area (Å²) in [6.45, 7) is 7.45. The summed E-state index contributed by atoms with van der Waals surface area (Å²) in [6.07, 6.45) is 0.802. The van der Waals surface area contributed by atoms with E-state index in [4.69, 9.17) is 4.74 Å².